The van der Waals surface area contributed by atoms with E-state index in [-0.39, 0.29) is 5.82 Å². The van der Waals surface area contributed by atoms with Gasteiger partial charge >= 0.3 is 0 Å². The highest BCUT2D eigenvalue weighted by Crippen LogP contribution is 2.25. The number of anilines is 1. The summed E-state index contributed by atoms with van der Waals surface area (Å²) in [6.45, 7) is 4.19. The van der Waals surface area contributed by atoms with Crippen LogP contribution in [0.3, 0.4) is 0 Å². The Kier molecular flexibility index (Phi) is 3.92. The molecule has 18 heavy (non-hydrogen) atoms. The van der Waals surface area contributed by atoms with Gasteiger partial charge in [0.05, 0.1) is 0 Å². The molecule has 0 amide bonds. The first-order chi connectivity index (χ1) is 8.54. The van der Waals surface area contributed by atoms with E-state index in [0.29, 0.717) is 5.69 Å². The molecule has 3 heteroatoms. The predicted octanol–water partition coefficient (Wildman–Crippen LogP) is 4.32. The molecule has 0 radical (unpaired) electrons. The van der Waals surface area contributed by atoms with Crippen molar-refractivity contribution in [3.05, 3.63) is 58.9 Å². The van der Waals surface area contributed by atoms with Gasteiger partial charge in [-0.15, -0.1) is 11.8 Å². The lowest BCUT2D eigenvalue weighted by molar-refractivity contribution is 0.627. The summed E-state index contributed by atoms with van der Waals surface area (Å²) in [4.78, 5) is 1.20. The highest BCUT2D eigenvalue weighted by atomic mass is 32.2. The van der Waals surface area contributed by atoms with Crippen LogP contribution in [0.25, 0.3) is 0 Å². The third kappa shape index (κ3) is 3.26. The molecular formula is C15H16FNS. The van der Waals surface area contributed by atoms with Gasteiger partial charge in [-0.1, -0.05) is 6.07 Å². The zero-order valence-electron chi connectivity index (χ0n) is 10.5. The van der Waals surface area contributed by atoms with Crippen molar-refractivity contribution >= 4 is 17.4 Å². The van der Waals surface area contributed by atoms with Crippen LogP contribution in [0.5, 0.6) is 0 Å². The molecule has 0 bridgehead atoms. The van der Waals surface area contributed by atoms with E-state index < -0.39 is 0 Å². The van der Waals surface area contributed by atoms with Gasteiger partial charge in [-0.2, -0.15) is 0 Å². The van der Waals surface area contributed by atoms with Crippen molar-refractivity contribution in [2.24, 2.45) is 0 Å². The quantitative estimate of drug-likeness (QED) is 0.658. The first-order valence-electron chi connectivity index (χ1n) is 5.79. The Hall–Kier alpha value is -1.48. The predicted molar refractivity (Wildman–Crippen MR) is 76.3 cm³/mol. The minimum absolute atomic E-state index is 0.273. The summed E-state index contributed by atoms with van der Waals surface area (Å²) < 4.78 is 13.2. The molecule has 2 aromatic carbocycles. The van der Waals surface area contributed by atoms with Gasteiger partial charge in [0.25, 0.3) is 0 Å². The van der Waals surface area contributed by atoms with Crippen LogP contribution in [-0.4, -0.2) is 0 Å². The smallest absolute Gasteiger partial charge is 0.125 e. The Morgan fingerprint density at radius 3 is 2.50 bits per heavy atom. The standard InChI is InChI=1S/C15H16FNS/c1-10-3-4-15(5-11(10)2)18-9-12-6-13(16)8-14(17)7-12/h3-8H,9,17H2,1-2H3. The maximum atomic E-state index is 13.2. The molecule has 2 N–H and O–H groups in total. The molecule has 0 aliphatic rings. The fourth-order valence-corrected chi connectivity index (χ4v) is 2.65. The Morgan fingerprint density at radius 1 is 1.06 bits per heavy atom. The van der Waals surface area contributed by atoms with Crippen LogP contribution in [0.1, 0.15) is 16.7 Å². The second kappa shape index (κ2) is 5.44. The minimum atomic E-state index is -0.273. The molecule has 0 atom stereocenters. The second-order valence-electron chi connectivity index (χ2n) is 4.43. The first kappa shape index (κ1) is 13.0. The molecular weight excluding hydrogens is 245 g/mol. The number of hydrogen-bond donors (Lipinski definition) is 1. The van der Waals surface area contributed by atoms with Gasteiger partial charge in [-0.05, 0) is 60.9 Å². The van der Waals surface area contributed by atoms with Crippen molar-refractivity contribution in [3.63, 3.8) is 0 Å². The van der Waals surface area contributed by atoms with Crippen molar-refractivity contribution < 1.29 is 4.39 Å². The van der Waals surface area contributed by atoms with Crippen molar-refractivity contribution in [2.45, 2.75) is 24.5 Å². The molecule has 0 saturated carbocycles. The molecule has 0 aliphatic heterocycles. The average Bonchev–Trinajstić information content (AvgIpc) is 2.29. The molecule has 0 aromatic heterocycles. The number of benzene rings is 2. The molecule has 0 unspecified atom stereocenters. The number of halogens is 1. The molecule has 2 rings (SSSR count). The summed E-state index contributed by atoms with van der Waals surface area (Å²) in [5, 5.41) is 0. The third-order valence-electron chi connectivity index (χ3n) is 2.86. The lowest BCUT2D eigenvalue weighted by Gasteiger charge is -2.06. The van der Waals surface area contributed by atoms with E-state index in [1.807, 2.05) is 6.07 Å². The highest BCUT2D eigenvalue weighted by molar-refractivity contribution is 7.98. The Bertz CT molecular complexity index is 546. The first-order valence-corrected chi connectivity index (χ1v) is 6.78. The minimum Gasteiger partial charge on any atom is -0.399 e. The maximum absolute atomic E-state index is 13.2. The van der Waals surface area contributed by atoms with Crippen LogP contribution >= 0.6 is 11.8 Å². The van der Waals surface area contributed by atoms with Crippen LogP contribution < -0.4 is 5.73 Å². The van der Waals surface area contributed by atoms with E-state index in [2.05, 4.69) is 32.0 Å². The third-order valence-corrected chi connectivity index (χ3v) is 3.93. The van der Waals surface area contributed by atoms with E-state index in [1.54, 1.807) is 11.8 Å². The number of nitrogens with two attached hydrogens (primary N) is 1. The van der Waals surface area contributed by atoms with E-state index >= 15 is 0 Å². The number of hydrogen-bond acceptors (Lipinski definition) is 2. The number of rotatable bonds is 3. The molecule has 94 valence electrons. The van der Waals surface area contributed by atoms with E-state index in [4.69, 9.17) is 5.73 Å². The molecule has 0 saturated heterocycles. The monoisotopic (exact) mass is 261 g/mol. The zero-order chi connectivity index (χ0) is 13.1. The van der Waals surface area contributed by atoms with Gasteiger partial charge in [-0.3, -0.25) is 0 Å². The van der Waals surface area contributed by atoms with Gasteiger partial charge in [0.2, 0.25) is 0 Å². The molecule has 0 heterocycles. The summed E-state index contributed by atoms with van der Waals surface area (Å²) in [6, 6.07) is 11.0. The summed E-state index contributed by atoms with van der Waals surface area (Å²) in [6.07, 6.45) is 0. The van der Waals surface area contributed by atoms with Crippen molar-refractivity contribution in [1.82, 2.24) is 0 Å². The second-order valence-corrected chi connectivity index (χ2v) is 5.48. The SMILES string of the molecule is Cc1ccc(SCc2cc(N)cc(F)c2)cc1C. The van der Waals surface area contributed by atoms with Gasteiger partial charge in [0, 0.05) is 16.3 Å². The van der Waals surface area contributed by atoms with E-state index in [0.717, 1.165) is 11.3 Å². The topological polar surface area (TPSA) is 26.0 Å². The van der Waals surface area contributed by atoms with Crippen LogP contribution in [0, 0.1) is 19.7 Å². The van der Waals surface area contributed by atoms with Crippen LogP contribution in [-0.2, 0) is 5.75 Å². The summed E-state index contributed by atoms with van der Waals surface area (Å²) in [5.41, 5.74) is 9.58. The van der Waals surface area contributed by atoms with Gasteiger partial charge in [0.15, 0.2) is 0 Å². The van der Waals surface area contributed by atoms with E-state index in [9.17, 15) is 4.39 Å². The number of aryl methyl sites for hydroxylation is 2. The molecule has 0 aliphatic carbocycles. The molecule has 2 aromatic rings. The lowest BCUT2D eigenvalue weighted by atomic mass is 10.1. The molecule has 0 spiro atoms. The molecule has 1 nitrogen and oxygen atoms in total. The highest BCUT2D eigenvalue weighted by Gasteiger charge is 2.01. The van der Waals surface area contributed by atoms with Gasteiger partial charge in [0.1, 0.15) is 5.82 Å². The Balaban J connectivity index is 2.08. The van der Waals surface area contributed by atoms with Crippen molar-refractivity contribution in [2.75, 3.05) is 5.73 Å². The largest absolute Gasteiger partial charge is 0.399 e. The summed E-state index contributed by atoms with van der Waals surface area (Å²) >= 11 is 1.69. The number of thioether (sulfide) groups is 1. The van der Waals surface area contributed by atoms with Crippen molar-refractivity contribution in [3.8, 4) is 0 Å². The van der Waals surface area contributed by atoms with Gasteiger partial charge in [-0.25, -0.2) is 4.39 Å². The Labute approximate surface area is 111 Å². The molecule has 0 fully saturated rings. The van der Waals surface area contributed by atoms with E-state index in [1.165, 1.54) is 28.2 Å². The average molecular weight is 261 g/mol. The fourth-order valence-electron chi connectivity index (χ4n) is 1.73. The van der Waals surface area contributed by atoms with Crippen LogP contribution in [0.4, 0.5) is 10.1 Å². The summed E-state index contributed by atoms with van der Waals surface area (Å²) in [7, 11) is 0. The zero-order valence-corrected chi connectivity index (χ0v) is 11.4. The van der Waals surface area contributed by atoms with Crippen molar-refractivity contribution in [1.29, 1.82) is 0 Å². The van der Waals surface area contributed by atoms with Gasteiger partial charge < -0.3 is 5.73 Å². The maximum Gasteiger partial charge on any atom is 0.125 e. The lowest BCUT2D eigenvalue weighted by Crippen LogP contribution is -1.90. The summed E-state index contributed by atoms with van der Waals surface area (Å²) in [5.74, 6) is 0.454. The van der Waals surface area contributed by atoms with Crippen LogP contribution in [0.15, 0.2) is 41.3 Å². The normalized spacial score (nSPS) is 10.6. The van der Waals surface area contributed by atoms with Crippen LogP contribution in [0.2, 0.25) is 0 Å². The fraction of sp³-hybridized carbons (Fsp3) is 0.200. The number of nitrogen functional groups attached to an aromatic ring is 1. The Morgan fingerprint density at radius 2 is 1.83 bits per heavy atom.